The zero-order chi connectivity index (χ0) is 14.8. The fourth-order valence-corrected chi connectivity index (χ4v) is 2.64. The number of rotatable bonds is 4. The molecule has 5 nitrogen and oxygen atoms in total. The molecule has 21 heavy (non-hydrogen) atoms. The molecule has 3 rings (SSSR count). The standard InChI is InChI=1S/C15H15N3O2S/c1-9-12(10(2)20-18-9)7-19-14-6-4-3-5-11(14)13-8-21-15(16)17-13/h3-6,8H,7H2,1-2H3,(H2,16,17). The smallest absolute Gasteiger partial charge is 0.180 e. The van der Waals surface area contributed by atoms with Gasteiger partial charge >= 0.3 is 0 Å². The Labute approximate surface area is 126 Å². The van der Waals surface area contributed by atoms with Crippen molar-refractivity contribution in [2.45, 2.75) is 20.5 Å². The molecule has 2 N–H and O–H groups in total. The number of aryl methyl sites for hydroxylation is 2. The molecule has 0 fully saturated rings. The first-order valence-electron chi connectivity index (χ1n) is 6.50. The van der Waals surface area contributed by atoms with Crippen LogP contribution in [-0.4, -0.2) is 10.1 Å². The summed E-state index contributed by atoms with van der Waals surface area (Å²) in [7, 11) is 0. The molecule has 0 atom stereocenters. The first-order valence-corrected chi connectivity index (χ1v) is 7.38. The van der Waals surface area contributed by atoms with Crippen LogP contribution in [0.3, 0.4) is 0 Å². The van der Waals surface area contributed by atoms with Crippen LogP contribution >= 0.6 is 11.3 Å². The summed E-state index contributed by atoms with van der Waals surface area (Å²) >= 11 is 1.41. The van der Waals surface area contributed by atoms with Crippen LogP contribution in [0.4, 0.5) is 5.13 Å². The molecular formula is C15H15N3O2S. The Bertz CT molecular complexity index is 744. The van der Waals surface area contributed by atoms with Gasteiger partial charge in [0, 0.05) is 10.9 Å². The van der Waals surface area contributed by atoms with E-state index < -0.39 is 0 Å². The first-order chi connectivity index (χ1) is 10.1. The van der Waals surface area contributed by atoms with E-state index in [0.29, 0.717) is 11.7 Å². The Hall–Kier alpha value is -2.34. The molecule has 108 valence electrons. The van der Waals surface area contributed by atoms with Gasteiger partial charge in [0.05, 0.1) is 17.0 Å². The van der Waals surface area contributed by atoms with Crippen molar-refractivity contribution >= 4 is 16.5 Å². The van der Waals surface area contributed by atoms with Crippen LogP contribution in [0.15, 0.2) is 34.2 Å². The molecule has 0 radical (unpaired) electrons. The van der Waals surface area contributed by atoms with Crippen molar-refractivity contribution in [1.82, 2.24) is 10.1 Å². The number of hydrogen-bond donors (Lipinski definition) is 1. The van der Waals surface area contributed by atoms with Crippen LogP contribution in [-0.2, 0) is 6.61 Å². The summed E-state index contributed by atoms with van der Waals surface area (Å²) in [6.45, 7) is 4.20. The molecule has 0 unspecified atom stereocenters. The summed E-state index contributed by atoms with van der Waals surface area (Å²) in [5, 5.41) is 6.40. The van der Waals surface area contributed by atoms with E-state index in [0.717, 1.165) is 34.0 Å². The monoisotopic (exact) mass is 301 g/mol. The van der Waals surface area contributed by atoms with Crippen molar-refractivity contribution in [2.75, 3.05) is 5.73 Å². The minimum atomic E-state index is 0.414. The molecule has 3 aromatic rings. The number of ether oxygens (including phenoxy) is 1. The Morgan fingerprint density at radius 1 is 1.29 bits per heavy atom. The summed E-state index contributed by atoms with van der Waals surface area (Å²) in [6, 6.07) is 7.77. The van der Waals surface area contributed by atoms with Crippen LogP contribution < -0.4 is 10.5 Å². The quantitative estimate of drug-likeness (QED) is 0.797. The fraction of sp³-hybridized carbons (Fsp3) is 0.200. The van der Waals surface area contributed by atoms with E-state index in [1.807, 2.05) is 43.5 Å². The SMILES string of the molecule is Cc1noc(C)c1COc1ccccc1-c1csc(N)n1. The highest BCUT2D eigenvalue weighted by Crippen LogP contribution is 2.32. The highest BCUT2D eigenvalue weighted by molar-refractivity contribution is 7.13. The summed E-state index contributed by atoms with van der Waals surface area (Å²) in [5.74, 6) is 1.55. The fourth-order valence-electron chi connectivity index (χ4n) is 2.07. The van der Waals surface area contributed by atoms with Crippen LogP contribution in [0, 0.1) is 13.8 Å². The molecule has 0 spiro atoms. The van der Waals surface area contributed by atoms with E-state index in [1.165, 1.54) is 11.3 Å². The maximum absolute atomic E-state index is 5.93. The number of nitrogen functional groups attached to an aromatic ring is 1. The molecule has 0 saturated heterocycles. The molecule has 0 amide bonds. The largest absolute Gasteiger partial charge is 0.488 e. The molecule has 2 aromatic heterocycles. The lowest BCUT2D eigenvalue weighted by molar-refractivity contribution is 0.303. The number of nitrogens with two attached hydrogens (primary N) is 1. The van der Waals surface area contributed by atoms with Crippen LogP contribution in [0.25, 0.3) is 11.3 Å². The van der Waals surface area contributed by atoms with Gasteiger partial charge in [-0.2, -0.15) is 0 Å². The van der Waals surface area contributed by atoms with E-state index in [2.05, 4.69) is 10.1 Å². The minimum Gasteiger partial charge on any atom is -0.488 e. The van der Waals surface area contributed by atoms with Crippen molar-refractivity contribution in [1.29, 1.82) is 0 Å². The van der Waals surface area contributed by atoms with E-state index in [4.69, 9.17) is 15.0 Å². The van der Waals surface area contributed by atoms with E-state index in [1.54, 1.807) is 0 Å². The van der Waals surface area contributed by atoms with Crippen LogP contribution in [0.1, 0.15) is 17.0 Å². The van der Waals surface area contributed by atoms with Gasteiger partial charge in [0.1, 0.15) is 18.1 Å². The van der Waals surface area contributed by atoms with Gasteiger partial charge in [0.25, 0.3) is 0 Å². The lowest BCUT2D eigenvalue weighted by Crippen LogP contribution is -1.99. The second kappa shape index (κ2) is 5.57. The van der Waals surface area contributed by atoms with Gasteiger partial charge in [-0.25, -0.2) is 4.98 Å². The Morgan fingerprint density at radius 2 is 2.10 bits per heavy atom. The second-order valence-electron chi connectivity index (χ2n) is 4.66. The second-order valence-corrected chi connectivity index (χ2v) is 5.55. The minimum absolute atomic E-state index is 0.414. The van der Waals surface area contributed by atoms with Crippen molar-refractivity contribution in [3.63, 3.8) is 0 Å². The number of thiazole rings is 1. The summed E-state index contributed by atoms with van der Waals surface area (Å²) < 4.78 is 11.1. The molecule has 0 aliphatic heterocycles. The highest BCUT2D eigenvalue weighted by Gasteiger charge is 2.13. The van der Waals surface area contributed by atoms with Crippen LogP contribution in [0.2, 0.25) is 0 Å². The Morgan fingerprint density at radius 3 is 2.76 bits per heavy atom. The third kappa shape index (κ3) is 2.75. The summed E-state index contributed by atoms with van der Waals surface area (Å²) in [6.07, 6.45) is 0. The number of anilines is 1. The molecule has 0 bridgehead atoms. The lowest BCUT2D eigenvalue weighted by atomic mass is 10.1. The zero-order valence-corrected chi connectivity index (χ0v) is 12.6. The van der Waals surface area contributed by atoms with Crippen molar-refractivity contribution < 1.29 is 9.26 Å². The van der Waals surface area contributed by atoms with Gasteiger partial charge in [0.2, 0.25) is 0 Å². The highest BCUT2D eigenvalue weighted by atomic mass is 32.1. The Kier molecular flexibility index (Phi) is 3.62. The average molecular weight is 301 g/mol. The third-order valence-electron chi connectivity index (χ3n) is 3.24. The number of nitrogens with zero attached hydrogens (tertiary/aromatic N) is 2. The maximum atomic E-state index is 5.93. The first kappa shape index (κ1) is 13.6. The van der Waals surface area contributed by atoms with Gasteiger partial charge in [-0.3, -0.25) is 0 Å². The Balaban J connectivity index is 1.86. The predicted octanol–water partition coefficient (Wildman–Crippen LogP) is 3.58. The molecule has 6 heteroatoms. The van der Waals surface area contributed by atoms with Crippen LogP contribution in [0.5, 0.6) is 5.75 Å². The van der Waals surface area contributed by atoms with Crippen molar-refractivity contribution in [3.05, 3.63) is 46.7 Å². The van der Waals surface area contributed by atoms with E-state index in [-0.39, 0.29) is 0 Å². The number of hydrogen-bond acceptors (Lipinski definition) is 6. The number of para-hydroxylation sites is 1. The van der Waals surface area contributed by atoms with Gasteiger partial charge in [-0.05, 0) is 26.0 Å². The maximum Gasteiger partial charge on any atom is 0.180 e. The van der Waals surface area contributed by atoms with Gasteiger partial charge in [-0.1, -0.05) is 17.3 Å². The molecular weight excluding hydrogens is 286 g/mol. The topological polar surface area (TPSA) is 74.2 Å². The molecule has 0 saturated carbocycles. The number of benzene rings is 1. The number of aromatic nitrogens is 2. The summed E-state index contributed by atoms with van der Waals surface area (Å²) in [5.41, 5.74) is 9.28. The third-order valence-corrected chi connectivity index (χ3v) is 3.91. The molecule has 0 aliphatic carbocycles. The van der Waals surface area contributed by atoms with E-state index in [9.17, 15) is 0 Å². The molecule has 2 heterocycles. The van der Waals surface area contributed by atoms with Crippen molar-refractivity contribution in [2.24, 2.45) is 0 Å². The van der Waals surface area contributed by atoms with Gasteiger partial charge in [-0.15, -0.1) is 11.3 Å². The average Bonchev–Trinajstić information content (AvgIpc) is 3.04. The molecule has 0 aliphatic rings. The normalized spacial score (nSPS) is 10.8. The molecule has 1 aromatic carbocycles. The zero-order valence-electron chi connectivity index (χ0n) is 11.8. The van der Waals surface area contributed by atoms with Crippen molar-refractivity contribution in [3.8, 4) is 17.0 Å². The van der Waals surface area contributed by atoms with Gasteiger partial charge in [0.15, 0.2) is 5.13 Å². The summed E-state index contributed by atoms with van der Waals surface area (Å²) in [4.78, 5) is 4.31. The van der Waals surface area contributed by atoms with Gasteiger partial charge < -0.3 is 15.0 Å². The van der Waals surface area contributed by atoms with E-state index >= 15 is 0 Å². The lowest BCUT2D eigenvalue weighted by Gasteiger charge is -2.09. The predicted molar refractivity (Wildman–Crippen MR) is 82.3 cm³/mol.